The van der Waals surface area contributed by atoms with Gasteiger partial charge in [0.1, 0.15) is 17.6 Å². The first-order valence-electron chi connectivity index (χ1n) is 5.10. The van der Waals surface area contributed by atoms with Crippen molar-refractivity contribution in [2.75, 3.05) is 7.11 Å². The molecular weight excluding hydrogens is 303 g/mol. The van der Waals surface area contributed by atoms with Gasteiger partial charge in [-0.2, -0.15) is 0 Å². The van der Waals surface area contributed by atoms with Crippen molar-refractivity contribution in [2.24, 2.45) is 0 Å². The first kappa shape index (κ1) is 12.9. The molecule has 18 heavy (non-hydrogen) atoms. The van der Waals surface area contributed by atoms with Gasteiger partial charge >= 0.3 is 0 Å². The van der Waals surface area contributed by atoms with Crippen LogP contribution < -0.4 is 4.74 Å². The van der Waals surface area contributed by atoms with Crippen LogP contribution in [0.4, 0.5) is 4.39 Å². The van der Waals surface area contributed by atoms with Crippen molar-refractivity contribution >= 4 is 15.9 Å². The van der Waals surface area contributed by atoms with E-state index in [1.54, 1.807) is 6.07 Å². The highest BCUT2D eigenvalue weighted by Crippen LogP contribution is 2.28. The van der Waals surface area contributed by atoms with Crippen LogP contribution >= 0.6 is 15.9 Å². The van der Waals surface area contributed by atoms with E-state index in [4.69, 9.17) is 4.74 Å². The molecule has 0 saturated carbocycles. The fourth-order valence-corrected chi connectivity index (χ4v) is 2.05. The normalized spacial score (nSPS) is 12.2. The van der Waals surface area contributed by atoms with Crippen LogP contribution in [0.5, 0.6) is 5.88 Å². The lowest BCUT2D eigenvalue weighted by Gasteiger charge is -2.13. The van der Waals surface area contributed by atoms with E-state index in [9.17, 15) is 9.50 Å². The molecule has 1 atom stereocenters. The van der Waals surface area contributed by atoms with Gasteiger partial charge in [0.05, 0.1) is 7.11 Å². The van der Waals surface area contributed by atoms with Gasteiger partial charge in [-0.3, -0.25) is 4.98 Å². The largest absolute Gasteiger partial charge is 0.480 e. The molecule has 0 aliphatic carbocycles. The Labute approximate surface area is 112 Å². The number of aromatic nitrogens is 2. The quantitative estimate of drug-likeness (QED) is 0.946. The fourth-order valence-electron chi connectivity index (χ4n) is 1.57. The van der Waals surface area contributed by atoms with Gasteiger partial charge in [-0.05, 0) is 23.8 Å². The van der Waals surface area contributed by atoms with E-state index in [-0.39, 0.29) is 11.6 Å². The molecule has 1 heterocycles. The molecule has 0 spiro atoms. The molecule has 4 nitrogen and oxygen atoms in total. The number of rotatable bonds is 3. The van der Waals surface area contributed by atoms with Crippen LogP contribution in [-0.2, 0) is 0 Å². The maximum atomic E-state index is 13.3. The van der Waals surface area contributed by atoms with Crippen molar-refractivity contribution in [3.63, 3.8) is 0 Å². The summed E-state index contributed by atoms with van der Waals surface area (Å²) in [5.41, 5.74) is 0.623. The minimum atomic E-state index is -1.10. The van der Waals surface area contributed by atoms with Gasteiger partial charge in [0.15, 0.2) is 0 Å². The van der Waals surface area contributed by atoms with E-state index in [2.05, 4.69) is 25.9 Å². The summed E-state index contributed by atoms with van der Waals surface area (Å²) in [7, 11) is 1.43. The van der Waals surface area contributed by atoms with Crippen LogP contribution in [-0.4, -0.2) is 22.2 Å². The Hall–Kier alpha value is -1.53. The van der Waals surface area contributed by atoms with E-state index in [0.717, 1.165) is 0 Å². The second-order valence-corrected chi connectivity index (χ2v) is 4.47. The van der Waals surface area contributed by atoms with Crippen LogP contribution in [0.25, 0.3) is 0 Å². The summed E-state index contributed by atoms with van der Waals surface area (Å²) < 4.78 is 18.8. The van der Waals surface area contributed by atoms with Crippen molar-refractivity contribution in [2.45, 2.75) is 6.10 Å². The summed E-state index contributed by atoms with van der Waals surface area (Å²) in [6.45, 7) is 0. The molecular formula is C12H10BrFN2O2. The van der Waals surface area contributed by atoms with Gasteiger partial charge < -0.3 is 9.84 Å². The number of hydrogen-bond donors (Lipinski definition) is 1. The fraction of sp³-hybridized carbons (Fsp3) is 0.167. The zero-order chi connectivity index (χ0) is 13.1. The molecule has 0 amide bonds. The standard InChI is InChI=1S/C12H10BrFN2O2/c1-18-12-10(15-2-3-16-12)11(17)7-4-8(13)6-9(14)5-7/h2-6,11,17H,1H3. The van der Waals surface area contributed by atoms with Gasteiger partial charge in [-0.1, -0.05) is 15.9 Å². The number of methoxy groups -OCH3 is 1. The number of halogens is 2. The zero-order valence-corrected chi connectivity index (χ0v) is 11.1. The third kappa shape index (κ3) is 2.65. The summed E-state index contributed by atoms with van der Waals surface area (Å²) in [5, 5.41) is 10.2. The predicted octanol–water partition coefficient (Wildman–Crippen LogP) is 2.47. The zero-order valence-electron chi connectivity index (χ0n) is 9.47. The molecule has 94 valence electrons. The molecule has 0 bridgehead atoms. The average Bonchev–Trinajstić information content (AvgIpc) is 2.36. The number of aliphatic hydroxyl groups is 1. The number of hydrogen-bond acceptors (Lipinski definition) is 4. The monoisotopic (exact) mass is 312 g/mol. The van der Waals surface area contributed by atoms with E-state index < -0.39 is 11.9 Å². The minimum Gasteiger partial charge on any atom is -0.480 e. The second kappa shape index (κ2) is 5.41. The van der Waals surface area contributed by atoms with Crippen molar-refractivity contribution in [1.29, 1.82) is 0 Å². The Kier molecular flexibility index (Phi) is 3.88. The molecule has 2 aromatic rings. The van der Waals surface area contributed by atoms with Gasteiger partial charge in [-0.15, -0.1) is 0 Å². The van der Waals surface area contributed by atoms with E-state index in [0.29, 0.717) is 10.0 Å². The van der Waals surface area contributed by atoms with Crippen LogP contribution in [0.15, 0.2) is 35.1 Å². The first-order valence-corrected chi connectivity index (χ1v) is 5.90. The molecule has 0 aliphatic heterocycles. The van der Waals surface area contributed by atoms with Gasteiger partial charge in [0.2, 0.25) is 5.88 Å². The Bertz CT molecular complexity index is 545. The van der Waals surface area contributed by atoms with Crippen molar-refractivity contribution in [3.8, 4) is 5.88 Å². The summed E-state index contributed by atoms with van der Waals surface area (Å²) in [4.78, 5) is 7.95. The highest BCUT2D eigenvalue weighted by Gasteiger charge is 2.18. The van der Waals surface area contributed by atoms with Gasteiger partial charge in [0, 0.05) is 16.9 Å². The lowest BCUT2D eigenvalue weighted by atomic mass is 10.1. The van der Waals surface area contributed by atoms with Gasteiger partial charge in [0.25, 0.3) is 0 Å². The average molecular weight is 313 g/mol. The highest BCUT2D eigenvalue weighted by molar-refractivity contribution is 9.10. The molecule has 1 aromatic heterocycles. The van der Waals surface area contributed by atoms with Crippen LogP contribution in [0, 0.1) is 5.82 Å². The minimum absolute atomic E-state index is 0.213. The van der Waals surface area contributed by atoms with Crippen LogP contribution in [0.3, 0.4) is 0 Å². The third-order valence-electron chi connectivity index (χ3n) is 2.34. The molecule has 0 saturated heterocycles. The van der Waals surface area contributed by atoms with E-state index in [1.165, 1.54) is 31.6 Å². The predicted molar refractivity (Wildman–Crippen MR) is 66.7 cm³/mol. The molecule has 0 fully saturated rings. The lowest BCUT2D eigenvalue weighted by molar-refractivity contribution is 0.207. The molecule has 1 aromatic carbocycles. The Morgan fingerprint density at radius 1 is 1.28 bits per heavy atom. The SMILES string of the molecule is COc1nccnc1C(O)c1cc(F)cc(Br)c1. The summed E-state index contributed by atoms with van der Waals surface area (Å²) in [5.74, 6) is -0.230. The Morgan fingerprint density at radius 2 is 2.00 bits per heavy atom. The molecule has 1 unspecified atom stereocenters. The molecule has 0 radical (unpaired) electrons. The van der Waals surface area contributed by atoms with Crippen molar-refractivity contribution in [1.82, 2.24) is 9.97 Å². The molecule has 1 N–H and O–H groups in total. The number of nitrogens with zero attached hydrogens (tertiary/aromatic N) is 2. The van der Waals surface area contributed by atoms with Crippen molar-refractivity contribution in [3.05, 3.63) is 52.1 Å². The van der Waals surface area contributed by atoms with E-state index >= 15 is 0 Å². The maximum Gasteiger partial charge on any atom is 0.238 e. The Morgan fingerprint density at radius 3 is 2.67 bits per heavy atom. The summed E-state index contributed by atoms with van der Waals surface area (Å²) in [6.07, 6.45) is 1.80. The topological polar surface area (TPSA) is 55.2 Å². The summed E-state index contributed by atoms with van der Waals surface area (Å²) in [6, 6.07) is 4.16. The van der Waals surface area contributed by atoms with Crippen molar-refractivity contribution < 1.29 is 14.2 Å². The summed E-state index contributed by atoms with van der Waals surface area (Å²) >= 11 is 3.17. The van der Waals surface area contributed by atoms with Crippen LogP contribution in [0.2, 0.25) is 0 Å². The first-order chi connectivity index (χ1) is 8.61. The highest BCUT2D eigenvalue weighted by atomic mass is 79.9. The van der Waals surface area contributed by atoms with Crippen LogP contribution in [0.1, 0.15) is 17.4 Å². The second-order valence-electron chi connectivity index (χ2n) is 3.56. The molecule has 0 aliphatic rings. The Balaban J connectivity index is 2.44. The number of ether oxygens (including phenoxy) is 1. The third-order valence-corrected chi connectivity index (χ3v) is 2.80. The van der Waals surface area contributed by atoms with E-state index in [1.807, 2.05) is 0 Å². The smallest absolute Gasteiger partial charge is 0.238 e. The number of aliphatic hydroxyl groups excluding tert-OH is 1. The number of benzene rings is 1. The molecule has 2 rings (SSSR count). The van der Waals surface area contributed by atoms with Gasteiger partial charge in [-0.25, -0.2) is 9.37 Å². The molecule has 6 heteroatoms. The maximum absolute atomic E-state index is 13.3. The lowest BCUT2D eigenvalue weighted by Crippen LogP contribution is -2.06.